The van der Waals surface area contributed by atoms with Gasteiger partial charge >= 0.3 is 0 Å². The molecule has 1 aromatic carbocycles. The molecule has 0 unspecified atom stereocenters. The molecule has 7 heteroatoms. The molecule has 0 fully saturated rings. The van der Waals surface area contributed by atoms with E-state index >= 15 is 0 Å². The van der Waals surface area contributed by atoms with Crippen LogP contribution in [0.25, 0.3) is 0 Å². The zero-order valence-electron chi connectivity index (χ0n) is 7.42. The minimum absolute atomic E-state index is 0.0132. The first-order valence-electron chi connectivity index (χ1n) is 3.68. The summed E-state index contributed by atoms with van der Waals surface area (Å²) in [4.78, 5) is 10.1. The SMILES string of the molecule is Cc1cc(C(=O)Cl)cc(S(=O)(=O)Cl)c1F. The molecule has 0 aliphatic heterocycles. The monoisotopic (exact) mass is 270 g/mol. The van der Waals surface area contributed by atoms with E-state index in [4.69, 9.17) is 22.3 Å². The Morgan fingerprint density at radius 2 is 1.93 bits per heavy atom. The van der Waals surface area contributed by atoms with Gasteiger partial charge in [-0.25, -0.2) is 12.8 Å². The van der Waals surface area contributed by atoms with E-state index in [0.717, 1.165) is 12.1 Å². The van der Waals surface area contributed by atoms with Gasteiger partial charge in [0, 0.05) is 16.2 Å². The Hall–Kier alpha value is -0.650. The largest absolute Gasteiger partial charge is 0.276 e. The Morgan fingerprint density at radius 3 is 2.33 bits per heavy atom. The summed E-state index contributed by atoms with van der Waals surface area (Å²) >= 11 is 5.15. The molecule has 0 aliphatic carbocycles. The van der Waals surface area contributed by atoms with Crippen LogP contribution in [0.4, 0.5) is 4.39 Å². The number of hydrogen-bond donors (Lipinski definition) is 0. The Balaban J connectivity index is 3.59. The van der Waals surface area contributed by atoms with Crippen molar-refractivity contribution in [2.45, 2.75) is 11.8 Å². The molecule has 0 atom stereocenters. The highest BCUT2D eigenvalue weighted by Gasteiger charge is 2.20. The molecule has 0 amide bonds. The number of hydrogen-bond acceptors (Lipinski definition) is 3. The minimum atomic E-state index is -4.23. The van der Waals surface area contributed by atoms with Crippen LogP contribution < -0.4 is 0 Å². The summed E-state index contributed by atoms with van der Waals surface area (Å²) in [6, 6.07) is 1.95. The zero-order chi connectivity index (χ0) is 11.8. The van der Waals surface area contributed by atoms with Crippen LogP contribution in [0.2, 0.25) is 0 Å². The molecule has 0 aliphatic rings. The number of carbonyl (C=O) groups is 1. The van der Waals surface area contributed by atoms with Crippen LogP contribution in [-0.2, 0) is 9.05 Å². The fraction of sp³-hybridized carbons (Fsp3) is 0.125. The third-order valence-corrected chi connectivity index (χ3v) is 3.25. The highest BCUT2D eigenvalue weighted by molar-refractivity contribution is 8.13. The third kappa shape index (κ3) is 2.68. The van der Waals surface area contributed by atoms with Crippen LogP contribution >= 0.6 is 22.3 Å². The van der Waals surface area contributed by atoms with Crippen molar-refractivity contribution in [1.29, 1.82) is 0 Å². The summed E-state index contributed by atoms with van der Waals surface area (Å²) in [5, 5.41) is -0.875. The second kappa shape index (κ2) is 4.08. The van der Waals surface area contributed by atoms with Crippen molar-refractivity contribution in [1.82, 2.24) is 0 Å². The Morgan fingerprint density at radius 1 is 1.40 bits per heavy atom. The molecular weight excluding hydrogens is 266 g/mol. The highest BCUT2D eigenvalue weighted by atomic mass is 35.7. The Kier molecular flexibility index (Phi) is 3.38. The van der Waals surface area contributed by atoms with Crippen LogP contribution in [0, 0.1) is 12.7 Å². The predicted molar refractivity (Wildman–Crippen MR) is 54.4 cm³/mol. The van der Waals surface area contributed by atoms with Gasteiger partial charge in [0.2, 0.25) is 0 Å². The standard InChI is InChI=1S/C8H5Cl2FO3S/c1-4-2-5(8(9)12)3-6(7(4)11)15(10,13)14/h2-3H,1H3. The summed E-state index contributed by atoms with van der Waals surface area (Å²) in [5.74, 6) is -0.980. The van der Waals surface area contributed by atoms with E-state index in [0.29, 0.717) is 0 Å². The van der Waals surface area contributed by atoms with Crippen molar-refractivity contribution in [3.05, 3.63) is 29.1 Å². The van der Waals surface area contributed by atoms with Crippen LogP contribution in [0.15, 0.2) is 17.0 Å². The van der Waals surface area contributed by atoms with Crippen LogP contribution in [0.3, 0.4) is 0 Å². The fourth-order valence-electron chi connectivity index (χ4n) is 1.03. The van der Waals surface area contributed by atoms with Gasteiger partial charge < -0.3 is 0 Å². The Bertz CT molecular complexity index is 525. The molecular formula is C8H5Cl2FO3S. The van der Waals surface area contributed by atoms with Gasteiger partial charge in [-0.1, -0.05) is 0 Å². The normalized spacial score (nSPS) is 11.5. The molecule has 1 rings (SSSR count). The number of carbonyl (C=O) groups excluding carboxylic acids is 1. The Labute approximate surface area is 95.2 Å². The lowest BCUT2D eigenvalue weighted by Gasteiger charge is -2.04. The summed E-state index contributed by atoms with van der Waals surface area (Å²) < 4.78 is 35.2. The smallest absolute Gasteiger partial charge is 0.264 e. The van der Waals surface area contributed by atoms with E-state index in [1.807, 2.05) is 0 Å². The summed E-state index contributed by atoms with van der Waals surface area (Å²) in [6.45, 7) is 1.31. The second-order valence-corrected chi connectivity index (χ2v) is 5.69. The molecule has 0 radical (unpaired) electrons. The molecule has 82 valence electrons. The van der Waals surface area contributed by atoms with Crippen molar-refractivity contribution in [3.63, 3.8) is 0 Å². The van der Waals surface area contributed by atoms with E-state index in [2.05, 4.69) is 0 Å². The van der Waals surface area contributed by atoms with Crippen molar-refractivity contribution >= 4 is 36.6 Å². The lowest BCUT2D eigenvalue weighted by atomic mass is 10.1. The van der Waals surface area contributed by atoms with Gasteiger partial charge in [0.25, 0.3) is 14.3 Å². The van der Waals surface area contributed by atoms with Crippen molar-refractivity contribution in [3.8, 4) is 0 Å². The van der Waals surface area contributed by atoms with Gasteiger partial charge in [-0.15, -0.1) is 0 Å². The molecule has 1 aromatic rings. The maximum absolute atomic E-state index is 13.3. The van der Waals surface area contributed by atoms with Crippen molar-refractivity contribution < 1.29 is 17.6 Å². The van der Waals surface area contributed by atoms with Gasteiger partial charge in [-0.05, 0) is 36.2 Å². The predicted octanol–water partition coefficient (Wildman–Crippen LogP) is 2.44. The lowest BCUT2D eigenvalue weighted by molar-refractivity contribution is 0.108. The summed E-state index contributed by atoms with van der Waals surface area (Å²) in [6.07, 6.45) is 0. The topological polar surface area (TPSA) is 51.2 Å². The molecule has 15 heavy (non-hydrogen) atoms. The molecule has 3 nitrogen and oxygen atoms in total. The number of benzene rings is 1. The van der Waals surface area contributed by atoms with E-state index in [1.54, 1.807) is 0 Å². The van der Waals surface area contributed by atoms with E-state index in [-0.39, 0.29) is 11.1 Å². The van der Waals surface area contributed by atoms with Crippen molar-refractivity contribution in [2.75, 3.05) is 0 Å². The molecule has 0 spiro atoms. The quantitative estimate of drug-likeness (QED) is 0.776. The molecule has 0 saturated carbocycles. The zero-order valence-corrected chi connectivity index (χ0v) is 9.75. The third-order valence-electron chi connectivity index (χ3n) is 1.71. The van der Waals surface area contributed by atoms with Crippen LogP contribution in [0.1, 0.15) is 15.9 Å². The number of aryl methyl sites for hydroxylation is 1. The number of rotatable bonds is 2. The van der Waals surface area contributed by atoms with Gasteiger partial charge in [0.05, 0.1) is 0 Å². The summed E-state index contributed by atoms with van der Waals surface area (Å²) in [5.41, 5.74) is -0.129. The first-order valence-corrected chi connectivity index (χ1v) is 6.37. The lowest BCUT2D eigenvalue weighted by Crippen LogP contribution is -2.01. The van der Waals surface area contributed by atoms with Crippen molar-refractivity contribution in [2.24, 2.45) is 0 Å². The van der Waals surface area contributed by atoms with Gasteiger partial charge in [-0.3, -0.25) is 4.79 Å². The molecule has 0 saturated heterocycles. The average Bonchev–Trinajstić information content (AvgIpc) is 2.06. The maximum atomic E-state index is 13.3. The first kappa shape index (κ1) is 12.4. The van der Waals surface area contributed by atoms with Crippen LogP contribution in [-0.4, -0.2) is 13.7 Å². The first-order chi connectivity index (χ1) is 6.73. The molecule has 0 aromatic heterocycles. The minimum Gasteiger partial charge on any atom is -0.276 e. The highest BCUT2D eigenvalue weighted by Crippen LogP contribution is 2.24. The molecule has 0 bridgehead atoms. The molecule has 0 heterocycles. The second-order valence-electron chi connectivity index (χ2n) is 2.82. The maximum Gasteiger partial charge on any atom is 0.264 e. The van der Waals surface area contributed by atoms with Gasteiger partial charge in [0.15, 0.2) is 0 Å². The van der Waals surface area contributed by atoms with Crippen LogP contribution in [0.5, 0.6) is 0 Å². The number of halogens is 3. The van der Waals surface area contributed by atoms with E-state index in [9.17, 15) is 17.6 Å². The van der Waals surface area contributed by atoms with E-state index in [1.165, 1.54) is 6.92 Å². The average molecular weight is 271 g/mol. The van der Waals surface area contributed by atoms with E-state index < -0.39 is 25.0 Å². The van der Waals surface area contributed by atoms with Gasteiger partial charge in [-0.2, -0.15) is 0 Å². The fourth-order valence-corrected chi connectivity index (χ4v) is 2.12. The van der Waals surface area contributed by atoms with Gasteiger partial charge in [0.1, 0.15) is 10.7 Å². The molecule has 0 N–H and O–H groups in total. The summed E-state index contributed by atoms with van der Waals surface area (Å²) in [7, 11) is 0.765.